The van der Waals surface area contributed by atoms with Crippen LogP contribution in [-0.4, -0.2) is 17.2 Å². The molecule has 0 radical (unpaired) electrons. The number of fused-ring (bicyclic) bond motifs is 2. The Kier molecular flexibility index (Phi) is 5.43. The second-order valence-electron chi connectivity index (χ2n) is 7.69. The third kappa shape index (κ3) is 4.19. The lowest BCUT2D eigenvalue weighted by atomic mass is 10.0. The van der Waals surface area contributed by atoms with Gasteiger partial charge in [-0.15, -0.1) is 0 Å². The highest BCUT2D eigenvalue weighted by Gasteiger charge is 2.17. The predicted molar refractivity (Wildman–Crippen MR) is 126 cm³/mol. The molecule has 168 valence electrons. The molecule has 0 fully saturated rings. The first-order valence-electron chi connectivity index (χ1n) is 10.5. The molecule has 0 unspecified atom stereocenters. The van der Waals surface area contributed by atoms with Crippen molar-refractivity contribution < 1.29 is 28.2 Å². The highest BCUT2D eigenvalue weighted by molar-refractivity contribution is 6.10. The first-order chi connectivity index (χ1) is 16.5. The summed E-state index contributed by atoms with van der Waals surface area (Å²) in [6, 6.07) is 23.8. The quantitative estimate of drug-likeness (QED) is 0.303. The van der Waals surface area contributed by atoms with Crippen LogP contribution in [0.4, 0.5) is 14.9 Å². The number of carboxylic acids is 1. The van der Waals surface area contributed by atoms with Crippen LogP contribution in [0.15, 0.2) is 89.3 Å². The zero-order valence-corrected chi connectivity index (χ0v) is 17.7. The van der Waals surface area contributed by atoms with Crippen molar-refractivity contribution in [1.29, 1.82) is 0 Å². The summed E-state index contributed by atoms with van der Waals surface area (Å²) < 4.78 is 24.2. The minimum Gasteiger partial charge on any atom is -0.478 e. The Morgan fingerprint density at radius 3 is 2.44 bits per heavy atom. The van der Waals surface area contributed by atoms with Crippen molar-refractivity contribution >= 4 is 39.5 Å². The van der Waals surface area contributed by atoms with E-state index in [9.17, 15) is 19.1 Å². The minimum atomic E-state index is -1.15. The molecule has 0 bridgehead atoms. The molecule has 0 saturated heterocycles. The van der Waals surface area contributed by atoms with Gasteiger partial charge in [-0.25, -0.2) is 14.0 Å². The van der Waals surface area contributed by atoms with E-state index in [0.29, 0.717) is 16.7 Å². The maximum absolute atomic E-state index is 13.2. The minimum absolute atomic E-state index is 0.00731. The van der Waals surface area contributed by atoms with Crippen molar-refractivity contribution in [3.05, 3.63) is 102 Å². The number of aromatic carboxylic acids is 1. The fraction of sp³-hybridized carbons (Fsp3) is 0.0370. The predicted octanol–water partition coefficient (Wildman–Crippen LogP) is 6.84. The SMILES string of the molecule is O=C(Nc1ccc2ccccc2c1C(=O)O)OCc1cc2cc(-c3ccc(F)cc3)ccc2o1. The number of hydrogen-bond donors (Lipinski definition) is 2. The Balaban J connectivity index is 1.31. The van der Waals surface area contributed by atoms with E-state index in [-0.39, 0.29) is 23.7 Å². The summed E-state index contributed by atoms with van der Waals surface area (Å²) in [7, 11) is 0. The van der Waals surface area contributed by atoms with E-state index in [2.05, 4.69) is 5.32 Å². The molecule has 0 aliphatic rings. The first kappa shape index (κ1) is 21.2. The van der Waals surface area contributed by atoms with Crippen LogP contribution in [0.1, 0.15) is 16.1 Å². The summed E-state index contributed by atoms with van der Waals surface area (Å²) in [5.41, 5.74) is 2.52. The van der Waals surface area contributed by atoms with Gasteiger partial charge < -0.3 is 14.3 Å². The Labute approximate surface area is 193 Å². The van der Waals surface area contributed by atoms with Crippen LogP contribution in [0.25, 0.3) is 32.9 Å². The molecule has 2 N–H and O–H groups in total. The molecular weight excluding hydrogens is 437 g/mol. The number of nitrogens with one attached hydrogen (secondary N) is 1. The standard InChI is InChI=1S/C27H18FNO5/c28-20-9-5-16(6-10-20)18-8-12-24-19(13-18)14-21(34-24)15-33-27(32)29-23-11-7-17-3-1-2-4-22(17)25(23)26(30)31/h1-14H,15H2,(H,29,32)(H,30,31). The van der Waals surface area contributed by atoms with E-state index < -0.39 is 12.1 Å². The summed E-state index contributed by atoms with van der Waals surface area (Å²) in [5.74, 6) is -1.02. The van der Waals surface area contributed by atoms with E-state index in [1.54, 1.807) is 48.5 Å². The van der Waals surface area contributed by atoms with Gasteiger partial charge in [-0.05, 0) is 58.3 Å². The molecule has 1 aromatic heterocycles. The van der Waals surface area contributed by atoms with E-state index >= 15 is 0 Å². The zero-order chi connectivity index (χ0) is 23.7. The summed E-state index contributed by atoms with van der Waals surface area (Å²) in [5, 5.41) is 14.2. The Morgan fingerprint density at radius 2 is 1.65 bits per heavy atom. The molecule has 5 aromatic rings. The van der Waals surface area contributed by atoms with Crippen LogP contribution in [0.3, 0.4) is 0 Å². The van der Waals surface area contributed by atoms with Gasteiger partial charge in [-0.3, -0.25) is 5.32 Å². The van der Waals surface area contributed by atoms with Gasteiger partial charge in [0.1, 0.15) is 17.2 Å². The van der Waals surface area contributed by atoms with Crippen LogP contribution in [-0.2, 0) is 11.3 Å². The fourth-order valence-electron chi connectivity index (χ4n) is 3.88. The Morgan fingerprint density at radius 1 is 0.882 bits per heavy atom. The van der Waals surface area contributed by atoms with Crippen molar-refractivity contribution in [2.75, 3.05) is 5.32 Å². The molecule has 0 saturated carbocycles. The van der Waals surface area contributed by atoms with E-state index in [1.807, 2.05) is 18.2 Å². The number of rotatable bonds is 5. The highest BCUT2D eigenvalue weighted by atomic mass is 19.1. The van der Waals surface area contributed by atoms with E-state index in [4.69, 9.17) is 9.15 Å². The molecule has 34 heavy (non-hydrogen) atoms. The van der Waals surface area contributed by atoms with Crippen LogP contribution < -0.4 is 5.32 Å². The van der Waals surface area contributed by atoms with Crippen molar-refractivity contribution in [3.8, 4) is 11.1 Å². The van der Waals surface area contributed by atoms with Gasteiger partial charge in [0.15, 0.2) is 6.61 Å². The molecular formula is C27H18FNO5. The third-order valence-corrected chi connectivity index (χ3v) is 5.47. The summed E-state index contributed by atoms with van der Waals surface area (Å²) >= 11 is 0. The number of carboxylic acid groups (broad SMARTS) is 1. The maximum atomic E-state index is 13.2. The topological polar surface area (TPSA) is 88.8 Å². The molecule has 1 amide bonds. The van der Waals surface area contributed by atoms with Crippen molar-refractivity contribution in [3.63, 3.8) is 0 Å². The number of furan rings is 1. The molecule has 7 heteroatoms. The summed E-state index contributed by atoms with van der Waals surface area (Å²) in [6.07, 6.45) is -0.801. The molecule has 1 heterocycles. The van der Waals surface area contributed by atoms with Crippen molar-refractivity contribution in [2.24, 2.45) is 0 Å². The van der Waals surface area contributed by atoms with E-state index in [1.165, 1.54) is 18.2 Å². The molecule has 4 aromatic carbocycles. The monoisotopic (exact) mass is 455 g/mol. The first-order valence-corrected chi connectivity index (χ1v) is 10.5. The van der Waals surface area contributed by atoms with E-state index in [0.717, 1.165) is 21.9 Å². The van der Waals surface area contributed by atoms with Gasteiger partial charge in [0.25, 0.3) is 0 Å². The van der Waals surface area contributed by atoms with Gasteiger partial charge in [0.05, 0.1) is 11.3 Å². The molecule has 5 rings (SSSR count). The number of carbonyl (C=O) groups is 2. The van der Waals surface area contributed by atoms with Gasteiger partial charge in [-0.1, -0.05) is 48.5 Å². The summed E-state index contributed by atoms with van der Waals surface area (Å²) in [4.78, 5) is 24.2. The third-order valence-electron chi connectivity index (χ3n) is 5.47. The number of carbonyl (C=O) groups excluding carboxylic acids is 1. The Hall–Kier alpha value is -4.65. The Bertz CT molecular complexity index is 1540. The molecule has 0 atom stereocenters. The van der Waals surface area contributed by atoms with Gasteiger partial charge >= 0.3 is 12.1 Å². The number of hydrogen-bond acceptors (Lipinski definition) is 4. The average Bonchev–Trinajstić information content (AvgIpc) is 3.25. The number of halogens is 1. The second-order valence-corrected chi connectivity index (χ2v) is 7.69. The van der Waals surface area contributed by atoms with Crippen molar-refractivity contribution in [2.45, 2.75) is 6.61 Å². The lowest BCUT2D eigenvalue weighted by molar-refractivity contribution is 0.0700. The van der Waals surface area contributed by atoms with Crippen molar-refractivity contribution in [1.82, 2.24) is 0 Å². The van der Waals surface area contributed by atoms with Gasteiger partial charge in [-0.2, -0.15) is 0 Å². The van der Waals surface area contributed by atoms with Gasteiger partial charge in [0, 0.05) is 5.39 Å². The van der Waals surface area contributed by atoms with Gasteiger partial charge in [0.2, 0.25) is 0 Å². The number of anilines is 1. The molecule has 0 aliphatic heterocycles. The van der Waals surface area contributed by atoms with Crippen LogP contribution in [0.2, 0.25) is 0 Å². The zero-order valence-electron chi connectivity index (χ0n) is 17.7. The van der Waals surface area contributed by atoms with Crippen LogP contribution >= 0.6 is 0 Å². The second kappa shape index (κ2) is 8.71. The number of amides is 1. The smallest absolute Gasteiger partial charge is 0.412 e. The molecule has 6 nitrogen and oxygen atoms in total. The normalized spacial score (nSPS) is 11.0. The largest absolute Gasteiger partial charge is 0.478 e. The lowest BCUT2D eigenvalue weighted by Gasteiger charge is -2.11. The summed E-state index contributed by atoms with van der Waals surface area (Å²) in [6.45, 7) is -0.137. The number of benzene rings is 4. The maximum Gasteiger partial charge on any atom is 0.412 e. The van der Waals surface area contributed by atoms with Crippen LogP contribution in [0.5, 0.6) is 0 Å². The fourth-order valence-corrected chi connectivity index (χ4v) is 3.88. The number of ether oxygens (including phenoxy) is 1. The average molecular weight is 455 g/mol. The molecule has 0 spiro atoms. The lowest BCUT2D eigenvalue weighted by Crippen LogP contribution is -2.16. The molecule has 0 aliphatic carbocycles. The highest BCUT2D eigenvalue weighted by Crippen LogP contribution is 2.28. The van der Waals surface area contributed by atoms with Crippen LogP contribution in [0, 0.1) is 5.82 Å².